The normalized spacial score (nSPS) is 20.0. The zero-order valence-corrected chi connectivity index (χ0v) is 26.6. The van der Waals surface area contributed by atoms with E-state index in [0.717, 1.165) is 4.73 Å². The van der Waals surface area contributed by atoms with Crippen molar-refractivity contribution in [2.24, 2.45) is 10.3 Å². The highest BCUT2D eigenvalue weighted by atomic mass is 79.9. The van der Waals surface area contributed by atoms with E-state index < -0.39 is 24.1 Å². The Bertz CT molecular complexity index is 1860. The second kappa shape index (κ2) is 14.3. The van der Waals surface area contributed by atoms with E-state index in [0.29, 0.717) is 57.0 Å². The molecule has 0 radical (unpaired) electrons. The number of ether oxygens (including phenoxy) is 1. The number of oxime groups is 2. The lowest BCUT2D eigenvalue weighted by atomic mass is 10.0. The molecule has 6 heterocycles. The van der Waals surface area contributed by atoms with E-state index in [1.807, 2.05) is 0 Å². The van der Waals surface area contributed by atoms with Crippen molar-refractivity contribution < 1.29 is 43.3 Å². The number of carbonyl (C=O) groups excluding carboxylic acids is 1. The third-order valence-corrected chi connectivity index (χ3v) is 8.04. The highest BCUT2D eigenvalue weighted by molar-refractivity contribution is 9.10. The number of hydrogen-bond donors (Lipinski definition) is 2. The van der Waals surface area contributed by atoms with E-state index in [4.69, 9.17) is 24.6 Å². The number of rotatable bonds is 8. The van der Waals surface area contributed by atoms with Gasteiger partial charge in [-0.3, -0.25) is 4.90 Å². The van der Waals surface area contributed by atoms with Gasteiger partial charge in [0.2, 0.25) is 11.4 Å². The maximum Gasteiger partial charge on any atom is 0.414 e. The first-order valence-electron chi connectivity index (χ1n) is 14.6. The van der Waals surface area contributed by atoms with E-state index in [2.05, 4.69) is 36.6 Å². The van der Waals surface area contributed by atoms with Gasteiger partial charge in [0.15, 0.2) is 36.0 Å². The molecule has 3 aliphatic heterocycles. The molecule has 3 atom stereocenters. The van der Waals surface area contributed by atoms with Crippen LogP contribution >= 0.6 is 15.9 Å². The van der Waals surface area contributed by atoms with Gasteiger partial charge in [0.1, 0.15) is 11.9 Å². The molecule has 4 aromatic rings. The molecule has 2 unspecified atom stereocenters. The number of halogens is 2. The molecule has 16 nitrogen and oxygen atoms in total. The molecule has 2 N–H and O–H groups in total. The summed E-state index contributed by atoms with van der Waals surface area (Å²) in [5.41, 5.74) is 2.63. The van der Waals surface area contributed by atoms with Crippen LogP contribution in [0.25, 0.3) is 11.1 Å². The first-order valence-corrected chi connectivity index (χ1v) is 15.4. The van der Waals surface area contributed by atoms with Gasteiger partial charge in [-0.25, -0.2) is 13.9 Å². The number of hydrogen-bond acceptors (Lipinski definition) is 12. The van der Waals surface area contributed by atoms with Gasteiger partial charge in [-0.05, 0) is 46.3 Å². The van der Waals surface area contributed by atoms with Gasteiger partial charge in [0.25, 0.3) is 0 Å². The Hall–Kier alpha value is -5.20. The van der Waals surface area contributed by atoms with Gasteiger partial charge >= 0.3 is 6.09 Å². The second-order valence-electron chi connectivity index (χ2n) is 10.9. The first kappa shape index (κ1) is 32.7. The van der Waals surface area contributed by atoms with Crippen LogP contribution in [0.2, 0.25) is 0 Å². The highest BCUT2D eigenvalue weighted by Gasteiger charge is 2.33. The fraction of sp³-hybridized carbons (Fsp3) is 0.300. The minimum absolute atomic E-state index is 0.0949. The molecule has 0 spiro atoms. The second-order valence-corrected chi connectivity index (χ2v) is 11.8. The van der Waals surface area contributed by atoms with E-state index >= 15 is 0 Å². The van der Waals surface area contributed by atoms with Gasteiger partial charge in [-0.15, -0.1) is 5.10 Å². The fourth-order valence-corrected chi connectivity index (χ4v) is 5.49. The Morgan fingerprint density at radius 2 is 1.60 bits per heavy atom. The lowest BCUT2D eigenvalue weighted by Gasteiger charge is -2.14. The summed E-state index contributed by atoms with van der Waals surface area (Å²) in [6, 6.07) is 10.9. The fourth-order valence-electron chi connectivity index (χ4n) is 5.17. The molecule has 250 valence electrons. The molecule has 0 aliphatic carbocycles. The molecule has 0 bridgehead atoms. The van der Waals surface area contributed by atoms with E-state index in [1.54, 1.807) is 35.1 Å². The van der Waals surface area contributed by atoms with Crippen molar-refractivity contribution in [3.05, 3.63) is 99.3 Å². The number of cyclic esters (lactones) is 1. The minimum Gasteiger partial charge on any atom is -0.618 e. The van der Waals surface area contributed by atoms with Crippen LogP contribution in [0.3, 0.4) is 0 Å². The topological polar surface area (TPSA) is 198 Å². The predicted molar refractivity (Wildman–Crippen MR) is 168 cm³/mol. The summed E-state index contributed by atoms with van der Waals surface area (Å²) in [6.45, 7) is 0.287. The van der Waals surface area contributed by atoms with Gasteiger partial charge in [-0.1, -0.05) is 15.5 Å². The van der Waals surface area contributed by atoms with Crippen molar-refractivity contribution in [1.29, 1.82) is 0 Å². The summed E-state index contributed by atoms with van der Waals surface area (Å²) < 4.78 is 23.9. The number of anilines is 1. The lowest BCUT2D eigenvalue weighted by molar-refractivity contribution is -0.607. The maximum atomic E-state index is 15.0. The van der Waals surface area contributed by atoms with Crippen molar-refractivity contribution in [2.75, 3.05) is 24.7 Å². The summed E-state index contributed by atoms with van der Waals surface area (Å²) in [4.78, 5) is 23.6. The monoisotopic (exact) mass is 726 g/mol. The number of aromatic nitrogens is 5. The van der Waals surface area contributed by atoms with Crippen molar-refractivity contribution >= 4 is 39.1 Å². The van der Waals surface area contributed by atoms with Gasteiger partial charge in [0, 0.05) is 42.3 Å². The average molecular weight is 728 g/mol. The summed E-state index contributed by atoms with van der Waals surface area (Å²) >= 11 is 3.20. The molecule has 1 saturated heterocycles. The number of benzene rings is 1. The molecule has 1 fully saturated rings. The van der Waals surface area contributed by atoms with Crippen LogP contribution < -0.4 is 14.4 Å². The number of aliphatic hydroxyl groups is 2. The SMILES string of the molecule is O=C1O[C@@H](Cn2ccnn2)CN1c1ccc(-c2ccc(C3=NOC(CO)C3)[n+]([O-])c2)c(F)c1.[O-][n+]1cc(Br)ccc1C1=NOC(CO)C1. The summed E-state index contributed by atoms with van der Waals surface area (Å²) in [5.74, 6) is -0.588. The number of pyridine rings is 2. The Labute approximate surface area is 280 Å². The number of aliphatic hydroxyl groups excluding tert-OH is 2. The van der Waals surface area contributed by atoms with E-state index in [-0.39, 0.29) is 37.1 Å². The van der Waals surface area contributed by atoms with Gasteiger partial charge < -0.3 is 35.0 Å². The zero-order valence-electron chi connectivity index (χ0n) is 25.0. The molecule has 7 rings (SSSR count). The standard InChI is InChI=1S/C21H19FN6O5.C9H9BrN2O3/c22-18-7-14(27-11-16(32-21(27)30)10-26-6-5-23-25-26)2-3-17(18)13-1-4-20(28(31)9-13)19-8-15(12-29)33-24-19;10-6-1-2-9(12(14)4-6)8-3-7(5-13)15-11-8/h1-7,9,15-16,29H,8,10-12H2;1-2,4,7,13H,3,5H2/t15?,16-;/m0./s1. The predicted octanol–water partition coefficient (Wildman–Crippen LogP) is 1.80. The van der Waals surface area contributed by atoms with E-state index in [9.17, 15) is 19.6 Å². The lowest BCUT2D eigenvalue weighted by Crippen LogP contribution is -2.34. The van der Waals surface area contributed by atoms with E-state index in [1.165, 1.54) is 41.7 Å². The van der Waals surface area contributed by atoms with Gasteiger partial charge in [-0.2, -0.15) is 9.46 Å². The van der Waals surface area contributed by atoms with Crippen molar-refractivity contribution in [3.8, 4) is 11.1 Å². The Morgan fingerprint density at radius 1 is 0.938 bits per heavy atom. The van der Waals surface area contributed by atoms with Crippen LogP contribution in [-0.4, -0.2) is 80.8 Å². The smallest absolute Gasteiger partial charge is 0.414 e. The largest absolute Gasteiger partial charge is 0.618 e. The highest BCUT2D eigenvalue weighted by Crippen LogP contribution is 2.29. The van der Waals surface area contributed by atoms with Crippen molar-refractivity contribution in [1.82, 2.24) is 15.0 Å². The number of carbonyl (C=O) groups is 1. The quantitative estimate of drug-likeness (QED) is 0.199. The summed E-state index contributed by atoms with van der Waals surface area (Å²) in [5, 5.41) is 57.2. The third-order valence-electron chi connectivity index (χ3n) is 7.57. The minimum atomic E-state index is -0.588. The molecular formula is C30H28BrFN8O8. The van der Waals surface area contributed by atoms with Crippen LogP contribution in [-0.2, 0) is 21.0 Å². The molecule has 18 heteroatoms. The van der Waals surface area contributed by atoms with Crippen LogP contribution in [0.5, 0.6) is 0 Å². The maximum absolute atomic E-state index is 15.0. The van der Waals surface area contributed by atoms with Crippen molar-refractivity contribution in [3.63, 3.8) is 0 Å². The molecular weight excluding hydrogens is 699 g/mol. The van der Waals surface area contributed by atoms with Crippen LogP contribution in [0.15, 0.2) is 82.0 Å². The Balaban J connectivity index is 0.000000223. The van der Waals surface area contributed by atoms with Crippen molar-refractivity contribution in [2.45, 2.75) is 37.7 Å². The third kappa shape index (κ3) is 7.19. The Kier molecular flexibility index (Phi) is 9.74. The number of nitrogens with zero attached hydrogens (tertiary/aromatic N) is 8. The Morgan fingerprint density at radius 3 is 2.17 bits per heavy atom. The summed E-state index contributed by atoms with van der Waals surface area (Å²) in [6.07, 6.45) is 4.80. The van der Waals surface area contributed by atoms with Crippen LogP contribution in [0.4, 0.5) is 14.9 Å². The molecule has 1 amide bonds. The molecule has 3 aromatic heterocycles. The zero-order chi connectivity index (χ0) is 33.8. The van der Waals surface area contributed by atoms with Crippen LogP contribution in [0, 0.1) is 16.2 Å². The molecule has 1 aromatic carbocycles. The number of amides is 1. The summed E-state index contributed by atoms with van der Waals surface area (Å²) in [7, 11) is 0. The van der Waals surface area contributed by atoms with Gasteiger partial charge in [0.05, 0.1) is 42.7 Å². The molecule has 48 heavy (non-hydrogen) atoms. The molecule has 0 saturated carbocycles. The van der Waals surface area contributed by atoms with Crippen LogP contribution in [0.1, 0.15) is 24.2 Å². The first-order chi connectivity index (χ1) is 23.2. The average Bonchev–Trinajstić information content (AvgIpc) is 3.90. The molecule has 3 aliphatic rings.